The zero-order valence-corrected chi connectivity index (χ0v) is 27.1. The van der Waals surface area contributed by atoms with Crippen LogP contribution in [0.25, 0.3) is 54.6 Å². The van der Waals surface area contributed by atoms with Gasteiger partial charge in [0.2, 0.25) is 0 Å². The molecule has 1 nitrogen and oxygen atoms in total. The summed E-state index contributed by atoms with van der Waals surface area (Å²) in [5.74, 6) is 0. The van der Waals surface area contributed by atoms with E-state index in [0.717, 1.165) is 11.1 Å². The second kappa shape index (κ2) is 13.2. The van der Waals surface area contributed by atoms with E-state index in [1.54, 1.807) is 6.08 Å². The fraction of sp³-hybridized carbons (Fsp3) is 0.0889. The highest BCUT2D eigenvalue weighted by molar-refractivity contribution is 6.19. The first kappa shape index (κ1) is 30.5. The molecule has 0 atom stereocenters. The molecule has 0 bridgehead atoms. The lowest BCUT2D eigenvalue weighted by molar-refractivity contribution is 1.39. The van der Waals surface area contributed by atoms with Crippen molar-refractivity contribution in [2.75, 3.05) is 0 Å². The number of benzene rings is 7. The molecule has 1 heteroatoms. The van der Waals surface area contributed by atoms with Crippen molar-refractivity contribution in [3.8, 4) is 22.3 Å². The van der Waals surface area contributed by atoms with Crippen LogP contribution in [0.5, 0.6) is 0 Å². The lowest BCUT2D eigenvalue weighted by Crippen LogP contribution is -1.99. The summed E-state index contributed by atoms with van der Waals surface area (Å²) in [6, 6.07) is 47.6. The van der Waals surface area contributed by atoms with Gasteiger partial charge in [-0.15, -0.1) is 0 Å². The molecular formula is C45H39N. The molecule has 7 rings (SSSR count). The zero-order valence-electron chi connectivity index (χ0n) is 27.1. The van der Waals surface area contributed by atoms with Gasteiger partial charge < -0.3 is 0 Å². The average Bonchev–Trinajstić information content (AvgIpc) is 3.09. The highest BCUT2D eigenvalue weighted by Gasteiger charge is 2.16. The number of allylic oxidation sites excluding steroid dienone is 3. The van der Waals surface area contributed by atoms with Gasteiger partial charge in [-0.2, -0.15) is 0 Å². The van der Waals surface area contributed by atoms with E-state index < -0.39 is 0 Å². The number of hydrogen-bond acceptors (Lipinski definition) is 1. The molecule has 0 aromatic heterocycles. The van der Waals surface area contributed by atoms with E-state index in [-0.39, 0.29) is 0 Å². The van der Waals surface area contributed by atoms with E-state index in [4.69, 9.17) is 5.41 Å². The molecule has 0 heterocycles. The first-order valence-corrected chi connectivity index (χ1v) is 15.8. The second-order valence-corrected chi connectivity index (χ2v) is 11.9. The van der Waals surface area contributed by atoms with Crippen LogP contribution in [0.1, 0.15) is 29.2 Å². The van der Waals surface area contributed by atoms with Crippen molar-refractivity contribution in [2.45, 2.75) is 27.7 Å². The van der Waals surface area contributed by atoms with Crippen molar-refractivity contribution in [3.63, 3.8) is 0 Å². The highest BCUT2D eigenvalue weighted by Crippen LogP contribution is 2.43. The molecule has 0 aliphatic heterocycles. The van der Waals surface area contributed by atoms with Crippen LogP contribution in [0, 0.1) is 26.2 Å². The molecule has 0 amide bonds. The van der Waals surface area contributed by atoms with Crippen LogP contribution in [0.3, 0.4) is 0 Å². The minimum atomic E-state index is 0.556. The predicted octanol–water partition coefficient (Wildman–Crippen LogP) is 12.6. The summed E-state index contributed by atoms with van der Waals surface area (Å²) >= 11 is 0. The third kappa shape index (κ3) is 5.80. The van der Waals surface area contributed by atoms with E-state index in [1.807, 2.05) is 43.3 Å². The Bertz CT molecular complexity index is 2210. The van der Waals surface area contributed by atoms with E-state index in [0.29, 0.717) is 5.71 Å². The molecule has 1 N–H and O–H groups in total. The number of nitrogens with one attached hydrogen (secondary N) is 1. The summed E-state index contributed by atoms with van der Waals surface area (Å²) in [5, 5.41) is 15.7. The molecule has 0 fully saturated rings. The van der Waals surface area contributed by atoms with Gasteiger partial charge in [0, 0.05) is 0 Å². The van der Waals surface area contributed by atoms with Crippen molar-refractivity contribution in [1.29, 1.82) is 5.41 Å². The largest absolute Gasteiger partial charge is 0.300 e. The summed E-state index contributed by atoms with van der Waals surface area (Å²) in [4.78, 5) is 0. The number of aryl methyl sites for hydroxylation is 3. The molecule has 0 unspecified atom stereocenters. The Labute approximate surface area is 272 Å². The Morgan fingerprint density at radius 3 is 1.65 bits per heavy atom. The molecule has 7 aromatic rings. The summed E-state index contributed by atoms with van der Waals surface area (Å²) in [6.45, 7) is 12.1. The predicted molar refractivity (Wildman–Crippen MR) is 201 cm³/mol. The normalized spacial score (nSPS) is 11.3. The van der Waals surface area contributed by atoms with Gasteiger partial charge in [-0.25, -0.2) is 0 Å². The number of fused-ring (bicyclic) bond motifs is 3. The lowest BCUT2D eigenvalue weighted by atomic mass is 9.85. The molecule has 0 aliphatic carbocycles. The molecule has 0 aliphatic rings. The van der Waals surface area contributed by atoms with Gasteiger partial charge in [-0.05, 0) is 105 Å². The minimum Gasteiger partial charge on any atom is -0.300 e. The molecule has 46 heavy (non-hydrogen) atoms. The van der Waals surface area contributed by atoms with Crippen LogP contribution in [0.2, 0.25) is 0 Å². The van der Waals surface area contributed by atoms with Crippen molar-refractivity contribution < 1.29 is 0 Å². The van der Waals surface area contributed by atoms with Crippen molar-refractivity contribution >= 4 is 38.0 Å². The quantitative estimate of drug-likeness (QED) is 0.117. The number of hydrogen-bond donors (Lipinski definition) is 1. The fourth-order valence-corrected chi connectivity index (χ4v) is 6.61. The Hall–Kier alpha value is -5.53. The molecule has 7 aromatic carbocycles. The van der Waals surface area contributed by atoms with Crippen LogP contribution < -0.4 is 0 Å². The molecule has 0 radical (unpaired) electrons. The summed E-state index contributed by atoms with van der Waals surface area (Å²) in [7, 11) is 0. The third-order valence-electron chi connectivity index (χ3n) is 8.89. The molecule has 0 spiro atoms. The zero-order chi connectivity index (χ0) is 32.2. The molecular weight excluding hydrogens is 555 g/mol. The molecule has 0 saturated carbocycles. The summed E-state index contributed by atoms with van der Waals surface area (Å²) in [6.07, 6.45) is 3.54. The Morgan fingerprint density at radius 2 is 1.07 bits per heavy atom. The van der Waals surface area contributed by atoms with Gasteiger partial charge in [0.15, 0.2) is 0 Å². The van der Waals surface area contributed by atoms with Gasteiger partial charge >= 0.3 is 0 Å². The maximum atomic E-state index is 7.82. The van der Waals surface area contributed by atoms with Crippen LogP contribution in [-0.4, -0.2) is 5.71 Å². The van der Waals surface area contributed by atoms with E-state index in [2.05, 4.69) is 130 Å². The highest BCUT2D eigenvalue weighted by atomic mass is 14.4. The van der Waals surface area contributed by atoms with E-state index in [1.165, 1.54) is 71.3 Å². The molecule has 224 valence electrons. The Kier molecular flexibility index (Phi) is 8.76. The van der Waals surface area contributed by atoms with Crippen LogP contribution >= 0.6 is 0 Å². The van der Waals surface area contributed by atoms with Crippen LogP contribution in [0.15, 0.2) is 158 Å². The maximum absolute atomic E-state index is 7.82. The summed E-state index contributed by atoms with van der Waals surface area (Å²) in [5.41, 5.74) is 11.6. The monoisotopic (exact) mass is 593 g/mol. The Balaban J connectivity index is 0.000000242. The van der Waals surface area contributed by atoms with Crippen molar-refractivity contribution in [3.05, 3.63) is 180 Å². The second-order valence-electron chi connectivity index (χ2n) is 11.9. The standard InChI is InChI=1S/C33H26.C12H13N/c1-21-18-19-24(22(2)20-21)27-14-8-16-29-28(27)15-9-17-32(29)33-30-12-6-4-10-25(30)23(3)26-11-5-7-13-31(26)33;1-3-7-10(2)12(13)11-8-5-4-6-9-11/h4-20H,1-3H3;3-9,13H,1H2,2H3/b;10-7-,13-12?. The topological polar surface area (TPSA) is 23.9 Å². The van der Waals surface area contributed by atoms with Crippen LogP contribution in [-0.2, 0) is 0 Å². The number of rotatable bonds is 5. The lowest BCUT2D eigenvalue weighted by Gasteiger charge is -2.18. The van der Waals surface area contributed by atoms with Gasteiger partial charge in [0.1, 0.15) is 0 Å². The smallest absolute Gasteiger partial charge is 0.0641 e. The van der Waals surface area contributed by atoms with Gasteiger partial charge in [-0.1, -0.05) is 158 Å². The molecule has 0 saturated heterocycles. The van der Waals surface area contributed by atoms with Gasteiger partial charge in [0.25, 0.3) is 0 Å². The first-order chi connectivity index (χ1) is 22.4. The first-order valence-electron chi connectivity index (χ1n) is 15.8. The minimum absolute atomic E-state index is 0.556. The third-order valence-corrected chi connectivity index (χ3v) is 8.89. The van der Waals surface area contributed by atoms with Gasteiger partial charge in [0.05, 0.1) is 5.71 Å². The fourth-order valence-electron chi connectivity index (χ4n) is 6.61. The van der Waals surface area contributed by atoms with E-state index in [9.17, 15) is 0 Å². The maximum Gasteiger partial charge on any atom is 0.0641 e. The van der Waals surface area contributed by atoms with E-state index >= 15 is 0 Å². The van der Waals surface area contributed by atoms with Crippen molar-refractivity contribution in [2.24, 2.45) is 0 Å². The average molecular weight is 594 g/mol. The SMILES string of the molecule is C=C/C=C(/C)C(=N)c1ccccc1.Cc1ccc(-c2cccc3c(-c4c5ccccc5c(C)c5ccccc45)cccc23)c(C)c1. The van der Waals surface area contributed by atoms with Gasteiger partial charge in [-0.3, -0.25) is 5.41 Å². The Morgan fingerprint density at radius 1 is 0.543 bits per heavy atom. The van der Waals surface area contributed by atoms with Crippen molar-refractivity contribution in [1.82, 2.24) is 0 Å². The van der Waals surface area contributed by atoms with Crippen LogP contribution in [0.4, 0.5) is 0 Å². The summed E-state index contributed by atoms with van der Waals surface area (Å²) < 4.78 is 0.